The fourth-order valence-corrected chi connectivity index (χ4v) is 3.87. The number of aryl methyl sites for hydroxylation is 2. The van der Waals surface area contributed by atoms with Crippen LogP contribution in [0.15, 0.2) is 60.8 Å². The molecule has 1 atom stereocenters. The van der Waals surface area contributed by atoms with Crippen molar-refractivity contribution in [3.05, 3.63) is 94.8 Å². The molecule has 0 bridgehead atoms. The van der Waals surface area contributed by atoms with E-state index >= 15 is 0 Å². The van der Waals surface area contributed by atoms with Gasteiger partial charge in [-0.25, -0.2) is 9.37 Å². The molecular weight excluding hydrogens is 403 g/mol. The van der Waals surface area contributed by atoms with E-state index in [1.54, 1.807) is 18.3 Å². The lowest BCUT2D eigenvalue weighted by atomic mass is 10.1. The van der Waals surface area contributed by atoms with Crippen molar-refractivity contribution in [3.8, 4) is 0 Å². The number of imidazole rings is 1. The smallest absolute Gasteiger partial charge is 0.242 e. The molecule has 0 aliphatic heterocycles. The number of fused-ring (bicyclic) bond motifs is 1. The molecule has 0 spiro atoms. The summed E-state index contributed by atoms with van der Waals surface area (Å²) in [5, 5.41) is 3.03. The maximum Gasteiger partial charge on any atom is 0.242 e. The molecule has 4 aromatic rings. The Morgan fingerprint density at radius 3 is 2.56 bits per heavy atom. The van der Waals surface area contributed by atoms with Crippen LogP contribution in [0.2, 0.25) is 0 Å². The van der Waals surface area contributed by atoms with Gasteiger partial charge in [0.15, 0.2) is 0 Å². The highest BCUT2D eigenvalue weighted by atomic mass is 19.1. The molecular formula is C26H27FN4O. The van der Waals surface area contributed by atoms with E-state index in [1.165, 1.54) is 12.1 Å². The Morgan fingerprint density at radius 2 is 1.84 bits per heavy atom. The second-order valence-corrected chi connectivity index (χ2v) is 8.16. The van der Waals surface area contributed by atoms with Crippen LogP contribution in [0.4, 0.5) is 4.39 Å². The van der Waals surface area contributed by atoms with Crippen LogP contribution in [-0.2, 0) is 17.6 Å². The molecule has 4 rings (SSSR count). The van der Waals surface area contributed by atoms with Crippen LogP contribution in [0.25, 0.3) is 11.0 Å². The van der Waals surface area contributed by atoms with Gasteiger partial charge in [-0.1, -0.05) is 18.2 Å². The molecule has 0 saturated carbocycles. The molecule has 32 heavy (non-hydrogen) atoms. The zero-order valence-electron chi connectivity index (χ0n) is 18.6. The van der Waals surface area contributed by atoms with Crippen LogP contribution < -0.4 is 5.32 Å². The summed E-state index contributed by atoms with van der Waals surface area (Å²) in [6, 6.07) is 15.9. The van der Waals surface area contributed by atoms with Gasteiger partial charge in [0.25, 0.3) is 0 Å². The lowest BCUT2D eigenvalue weighted by Gasteiger charge is -2.18. The molecule has 164 valence electrons. The van der Waals surface area contributed by atoms with Gasteiger partial charge >= 0.3 is 0 Å². The standard InChI is InChI=1S/C26H27FN4O/c1-17-14-23-24(15-18(17)2)31(25(30-23)16-20-7-9-21(27)10-8-20)19(3)26(32)29-13-11-22-6-4-5-12-28-22/h4-10,12,14-15,19H,11,13,16H2,1-3H3,(H,29,32). The minimum absolute atomic E-state index is 0.0705. The number of benzene rings is 2. The van der Waals surface area contributed by atoms with Gasteiger partial charge in [0.1, 0.15) is 17.7 Å². The number of aromatic nitrogens is 3. The Balaban J connectivity index is 1.61. The lowest BCUT2D eigenvalue weighted by molar-refractivity contribution is -0.123. The third-order valence-corrected chi connectivity index (χ3v) is 5.83. The van der Waals surface area contributed by atoms with Gasteiger partial charge in [-0.15, -0.1) is 0 Å². The Bertz CT molecular complexity index is 1230. The number of pyridine rings is 1. The van der Waals surface area contributed by atoms with Crippen molar-refractivity contribution < 1.29 is 9.18 Å². The number of hydrogen-bond donors (Lipinski definition) is 1. The number of carbonyl (C=O) groups is 1. The van der Waals surface area contributed by atoms with Crippen molar-refractivity contribution in [2.75, 3.05) is 6.54 Å². The Labute approximate surface area is 187 Å². The summed E-state index contributed by atoms with van der Waals surface area (Å²) in [4.78, 5) is 22.2. The fraction of sp³-hybridized carbons (Fsp3) is 0.269. The Hall–Kier alpha value is -3.54. The summed E-state index contributed by atoms with van der Waals surface area (Å²) >= 11 is 0. The van der Waals surface area contributed by atoms with Gasteiger partial charge in [-0.05, 0) is 73.9 Å². The van der Waals surface area contributed by atoms with Crippen molar-refractivity contribution in [1.29, 1.82) is 0 Å². The van der Waals surface area contributed by atoms with Crippen molar-refractivity contribution in [2.45, 2.75) is 39.7 Å². The summed E-state index contributed by atoms with van der Waals surface area (Å²) in [6.45, 7) is 6.52. The molecule has 6 heteroatoms. The summed E-state index contributed by atoms with van der Waals surface area (Å²) in [5.41, 5.74) is 5.98. The highest BCUT2D eigenvalue weighted by Crippen LogP contribution is 2.26. The van der Waals surface area contributed by atoms with E-state index in [4.69, 9.17) is 4.98 Å². The predicted molar refractivity (Wildman–Crippen MR) is 124 cm³/mol. The number of carbonyl (C=O) groups excluding carboxylic acids is 1. The van der Waals surface area contributed by atoms with Crippen LogP contribution in [0.1, 0.15) is 41.2 Å². The number of nitrogens with one attached hydrogen (secondary N) is 1. The third kappa shape index (κ3) is 4.69. The zero-order chi connectivity index (χ0) is 22.7. The predicted octanol–water partition coefficient (Wildman–Crippen LogP) is 4.70. The van der Waals surface area contributed by atoms with E-state index in [0.29, 0.717) is 19.4 Å². The minimum Gasteiger partial charge on any atom is -0.354 e. The van der Waals surface area contributed by atoms with Gasteiger partial charge in [0.2, 0.25) is 5.91 Å². The first-order valence-electron chi connectivity index (χ1n) is 10.8. The fourth-order valence-electron chi connectivity index (χ4n) is 3.87. The lowest BCUT2D eigenvalue weighted by Crippen LogP contribution is -2.33. The van der Waals surface area contributed by atoms with Gasteiger partial charge < -0.3 is 9.88 Å². The monoisotopic (exact) mass is 430 g/mol. The molecule has 0 aliphatic carbocycles. The van der Waals surface area contributed by atoms with Gasteiger partial charge in [0.05, 0.1) is 11.0 Å². The number of rotatable bonds is 7. The molecule has 5 nitrogen and oxygen atoms in total. The zero-order valence-corrected chi connectivity index (χ0v) is 18.6. The second-order valence-electron chi connectivity index (χ2n) is 8.16. The molecule has 2 aromatic carbocycles. The van der Waals surface area contributed by atoms with E-state index in [1.807, 2.05) is 29.7 Å². The van der Waals surface area contributed by atoms with Gasteiger partial charge in [-0.3, -0.25) is 9.78 Å². The average molecular weight is 431 g/mol. The Morgan fingerprint density at radius 1 is 1.09 bits per heavy atom. The van der Waals surface area contributed by atoms with Gasteiger partial charge in [-0.2, -0.15) is 0 Å². The molecule has 1 N–H and O–H groups in total. The van der Waals surface area contributed by atoms with E-state index < -0.39 is 6.04 Å². The number of hydrogen-bond acceptors (Lipinski definition) is 3. The highest BCUT2D eigenvalue weighted by molar-refractivity contribution is 5.85. The molecule has 0 saturated heterocycles. The molecule has 2 heterocycles. The molecule has 0 fully saturated rings. The average Bonchev–Trinajstić information content (AvgIpc) is 3.12. The topological polar surface area (TPSA) is 59.8 Å². The summed E-state index contributed by atoms with van der Waals surface area (Å²) in [7, 11) is 0. The second kappa shape index (κ2) is 9.30. The van der Waals surface area contributed by atoms with Crippen molar-refractivity contribution in [3.63, 3.8) is 0 Å². The normalized spacial score (nSPS) is 12.1. The van der Waals surface area contributed by atoms with E-state index in [0.717, 1.165) is 39.2 Å². The van der Waals surface area contributed by atoms with Crippen LogP contribution >= 0.6 is 0 Å². The number of halogens is 1. The van der Waals surface area contributed by atoms with Crippen molar-refractivity contribution in [2.24, 2.45) is 0 Å². The van der Waals surface area contributed by atoms with E-state index in [9.17, 15) is 9.18 Å². The summed E-state index contributed by atoms with van der Waals surface area (Å²) in [6.07, 6.45) is 2.94. The molecule has 1 amide bonds. The van der Waals surface area contributed by atoms with Crippen LogP contribution in [0.5, 0.6) is 0 Å². The van der Waals surface area contributed by atoms with E-state index in [-0.39, 0.29) is 11.7 Å². The molecule has 0 aliphatic rings. The number of amides is 1. The molecule has 1 unspecified atom stereocenters. The molecule has 0 radical (unpaired) electrons. The summed E-state index contributed by atoms with van der Waals surface area (Å²) in [5.74, 6) is 0.442. The maximum atomic E-state index is 13.4. The SMILES string of the molecule is Cc1cc2nc(Cc3ccc(F)cc3)n(C(C)C(=O)NCCc3ccccn3)c2cc1C. The molecule has 2 aromatic heterocycles. The Kier molecular flexibility index (Phi) is 6.30. The first-order valence-corrected chi connectivity index (χ1v) is 10.8. The largest absolute Gasteiger partial charge is 0.354 e. The van der Waals surface area contributed by atoms with Gasteiger partial charge in [0, 0.05) is 31.3 Å². The van der Waals surface area contributed by atoms with Crippen LogP contribution in [0, 0.1) is 19.7 Å². The van der Waals surface area contributed by atoms with Crippen LogP contribution in [0.3, 0.4) is 0 Å². The third-order valence-electron chi connectivity index (χ3n) is 5.83. The minimum atomic E-state index is -0.443. The summed E-state index contributed by atoms with van der Waals surface area (Å²) < 4.78 is 15.4. The van der Waals surface area contributed by atoms with E-state index in [2.05, 4.69) is 36.3 Å². The van der Waals surface area contributed by atoms with Crippen molar-refractivity contribution in [1.82, 2.24) is 19.9 Å². The maximum absolute atomic E-state index is 13.4. The quantitative estimate of drug-likeness (QED) is 0.462. The van der Waals surface area contributed by atoms with Crippen molar-refractivity contribution >= 4 is 16.9 Å². The first-order chi connectivity index (χ1) is 15.4. The van der Waals surface area contributed by atoms with Crippen LogP contribution in [-0.4, -0.2) is 27.0 Å². The first kappa shape index (κ1) is 21.7. The highest BCUT2D eigenvalue weighted by Gasteiger charge is 2.22. The number of nitrogens with zero attached hydrogens (tertiary/aromatic N) is 3.